The summed E-state index contributed by atoms with van der Waals surface area (Å²) in [4.78, 5) is 28.3. The number of benzene rings is 1. The van der Waals surface area contributed by atoms with Gasteiger partial charge in [0.1, 0.15) is 6.54 Å². The zero-order valence-electron chi connectivity index (χ0n) is 14.4. The number of carbonyl (C=O) groups is 2. The molecule has 2 atom stereocenters. The van der Waals surface area contributed by atoms with Crippen molar-refractivity contribution in [1.82, 2.24) is 15.5 Å². The molecule has 1 saturated heterocycles. The number of nitrogens with zero attached hydrogens (tertiary/aromatic N) is 2. The molecule has 0 radical (unpaired) electrons. The monoisotopic (exact) mass is 330 g/mol. The summed E-state index contributed by atoms with van der Waals surface area (Å²) < 4.78 is 0. The van der Waals surface area contributed by atoms with Crippen LogP contribution in [-0.4, -0.2) is 49.6 Å². The van der Waals surface area contributed by atoms with Crippen LogP contribution in [0.1, 0.15) is 31.2 Å². The maximum Gasteiger partial charge on any atom is 0.318 e. The van der Waals surface area contributed by atoms with Crippen molar-refractivity contribution in [3.8, 4) is 0 Å². The Morgan fingerprint density at radius 2 is 2.12 bits per heavy atom. The first-order chi connectivity index (χ1) is 11.5. The highest BCUT2D eigenvalue weighted by Gasteiger charge is 2.38. The van der Waals surface area contributed by atoms with Gasteiger partial charge in [-0.3, -0.25) is 4.79 Å². The van der Waals surface area contributed by atoms with Crippen molar-refractivity contribution in [1.29, 1.82) is 0 Å². The van der Waals surface area contributed by atoms with Crippen molar-refractivity contribution in [2.75, 3.05) is 25.5 Å². The van der Waals surface area contributed by atoms with E-state index >= 15 is 0 Å². The molecule has 0 spiro atoms. The molecule has 2 N–H and O–H groups in total. The highest BCUT2D eigenvalue weighted by atomic mass is 16.2. The van der Waals surface area contributed by atoms with Gasteiger partial charge < -0.3 is 20.4 Å². The number of rotatable bonds is 3. The van der Waals surface area contributed by atoms with Crippen LogP contribution < -0.4 is 15.5 Å². The topological polar surface area (TPSA) is 64.7 Å². The first-order valence-corrected chi connectivity index (χ1v) is 8.64. The van der Waals surface area contributed by atoms with Gasteiger partial charge in [-0.2, -0.15) is 0 Å². The average molecular weight is 330 g/mol. The zero-order valence-corrected chi connectivity index (χ0v) is 14.4. The van der Waals surface area contributed by atoms with Gasteiger partial charge in [-0.05, 0) is 30.5 Å². The van der Waals surface area contributed by atoms with Crippen LogP contribution in [0.2, 0.25) is 0 Å². The van der Waals surface area contributed by atoms with Gasteiger partial charge in [0.2, 0.25) is 5.91 Å². The molecule has 1 aliphatic heterocycles. The summed E-state index contributed by atoms with van der Waals surface area (Å²) >= 11 is 0. The van der Waals surface area contributed by atoms with Crippen LogP contribution in [0.4, 0.5) is 10.5 Å². The maximum absolute atomic E-state index is 12.6. The summed E-state index contributed by atoms with van der Waals surface area (Å²) in [6, 6.07) is 8.19. The summed E-state index contributed by atoms with van der Waals surface area (Å²) in [5.74, 6) is -0.0529. The molecule has 2 aliphatic rings. The molecule has 1 aromatic rings. The molecule has 2 fully saturated rings. The highest BCUT2D eigenvalue weighted by Crippen LogP contribution is 2.25. The lowest BCUT2D eigenvalue weighted by atomic mass is 9.87. The third-order valence-electron chi connectivity index (χ3n) is 4.92. The molecular weight excluding hydrogens is 304 g/mol. The summed E-state index contributed by atoms with van der Waals surface area (Å²) in [5, 5.41) is 6.01. The molecule has 1 heterocycles. The maximum atomic E-state index is 12.6. The summed E-state index contributed by atoms with van der Waals surface area (Å²) in [7, 11) is 3.99. The van der Waals surface area contributed by atoms with Crippen LogP contribution in [-0.2, 0) is 11.3 Å². The number of piperazine rings is 1. The molecular formula is C18H26N4O2. The van der Waals surface area contributed by atoms with Crippen molar-refractivity contribution >= 4 is 17.6 Å². The lowest BCUT2D eigenvalue weighted by molar-refractivity contribution is -0.126. The van der Waals surface area contributed by atoms with Crippen molar-refractivity contribution in [3.05, 3.63) is 29.8 Å². The second kappa shape index (κ2) is 7.11. The Kier molecular flexibility index (Phi) is 4.92. The van der Waals surface area contributed by atoms with Gasteiger partial charge in [-0.1, -0.05) is 25.0 Å². The van der Waals surface area contributed by atoms with Gasteiger partial charge in [0.15, 0.2) is 0 Å². The molecule has 0 aromatic heterocycles. The van der Waals surface area contributed by atoms with Crippen LogP contribution in [0.25, 0.3) is 0 Å². The van der Waals surface area contributed by atoms with Crippen molar-refractivity contribution in [3.63, 3.8) is 0 Å². The average Bonchev–Trinajstić information content (AvgIpc) is 2.59. The van der Waals surface area contributed by atoms with Crippen LogP contribution in [0.5, 0.6) is 0 Å². The molecule has 1 saturated carbocycles. The predicted molar refractivity (Wildman–Crippen MR) is 93.9 cm³/mol. The fourth-order valence-corrected chi connectivity index (χ4v) is 3.62. The smallest absolute Gasteiger partial charge is 0.318 e. The molecule has 1 aromatic carbocycles. The Morgan fingerprint density at radius 3 is 2.92 bits per heavy atom. The second-order valence-electron chi connectivity index (χ2n) is 6.88. The third kappa shape index (κ3) is 3.63. The Hall–Kier alpha value is -2.24. The minimum absolute atomic E-state index is 0.0529. The Bertz CT molecular complexity index is 617. The van der Waals surface area contributed by atoms with E-state index in [1.807, 2.05) is 37.2 Å². The van der Waals surface area contributed by atoms with Gasteiger partial charge in [-0.15, -0.1) is 0 Å². The number of hydrogen-bond donors (Lipinski definition) is 2. The Balaban J connectivity index is 1.63. The van der Waals surface area contributed by atoms with Crippen LogP contribution in [0.3, 0.4) is 0 Å². The number of anilines is 1. The van der Waals surface area contributed by atoms with Gasteiger partial charge >= 0.3 is 6.03 Å². The summed E-state index contributed by atoms with van der Waals surface area (Å²) in [6.07, 6.45) is 4.17. The van der Waals surface area contributed by atoms with Gasteiger partial charge in [-0.25, -0.2) is 4.79 Å². The van der Waals surface area contributed by atoms with Gasteiger partial charge in [0, 0.05) is 32.4 Å². The fraction of sp³-hybridized carbons (Fsp3) is 0.556. The SMILES string of the molecule is CN(C)c1cccc(CNC(=O)N2CC(=O)N[C@@H]3CCCC[C@@H]32)c1. The lowest BCUT2D eigenvalue weighted by Crippen LogP contribution is -2.64. The molecule has 0 bridgehead atoms. The molecule has 24 heavy (non-hydrogen) atoms. The lowest BCUT2D eigenvalue weighted by Gasteiger charge is -2.43. The molecule has 6 nitrogen and oxygen atoms in total. The predicted octanol–water partition coefficient (Wildman–Crippen LogP) is 1.71. The standard InChI is InChI=1S/C18H26N4O2/c1-21(2)14-7-5-6-13(10-14)11-19-18(24)22-12-17(23)20-15-8-3-4-9-16(15)22/h5-7,10,15-16H,3-4,8-9,11-12H2,1-2H3,(H,19,24)(H,20,23)/t15-,16+/m1/s1. The number of urea groups is 1. The van der Waals surface area contributed by atoms with Crippen molar-refractivity contribution < 1.29 is 9.59 Å². The first-order valence-electron chi connectivity index (χ1n) is 8.64. The normalized spacial score (nSPS) is 23.2. The van der Waals surface area contributed by atoms with E-state index in [1.165, 1.54) is 0 Å². The van der Waals surface area contributed by atoms with Crippen LogP contribution in [0.15, 0.2) is 24.3 Å². The van der Waals surface area contributed by atoms with E-state index in [2.05, 4.69) is 16.7 Å². The Labute approximate surface area is 143 Å². The van der Waals surface area contributed by atoms with Gasteiger partial charge in [0.05, 0.1) is 6.04 Å². The second-order valence-corrected chi connectivity index (χ2v) is 6.88. The van der Waals surface area contributed by atoms with Crippen LogP contribution >= 0.6 is 0 Å². The molecule has 0 unspecified atom stereocenters. The molecule has 6 heteroatoms. The number of amides is 3. The van der Waals surface area contributed by atoms with Crippen molar-refractivity contribution in [2.45, 2.75) is 44.3 Å². The number of hydrogen-bond acceptors (Lipinski definition) is 3. The molecule has 3 rings (SSSR count). The number of carbonyl (C=O) groups excluding carboxylic acids is 2. The minimum atomic E-state index is -0.142. The minimum Gasteiger partial charge on any atom is -0.378 e. The van der Waals surface area contributed by atoms with E-state index in [-0.39, 0.29) is 30.6 Å². The third-order valence-corrected chi connectivity index (χ3v) is 4.92. The van der Waals surface area contributed by atoms with E-state index in [1.54, 1.807) is 4.90 Å². The quantitative estimate of drug-likeness (QED) is 0.887. The number of fused-ring (bicyclic) bond motifs is 1. The highest BCUT2D eigenvalue weighted by molar-refractivity contribution is 5.86. The van der Waals surface area contributed by atoms with Crippen molar-refractivity contribution in [2.24, 2.45) is 0 Å². The van der Waals surface area contributed by atoms with E-state index in [0.717, 1.165) is 36.9 Å². The van der Waals surface area contributed by atoms with Crippen LogP contribution in [0, 0.1) is 0 Å². The molecule has 130 valence electrons. The molecule has 3 amide bonds. The summed E-state index contributed by atoms with van der Waals surface area (Å²) in [5.41, 5.74) is 2.16. The number of nitrogens with one attached hydrogen (secondary N) is 2. The van der Waals surface area contributed by atoms with E-state index < -0.39 is 0 Å². The fourth-order valence-electron chi connectivity index (χ4n) is 3.62. The Morgan fingerprint density at radius 1 is 1.33 bits per heavy atom. The van der Waals surface area contributed by atoms with E-state index in [0.29, 0.717) is 6.54 Å². The van der Waals surface area contributed by atoms with E-state index in [9.17, 15) is 9.59 Å². The largest absolute Gasteiger partial charge is 0.378 e. The zero-order chi connectivity index (χ0) is 17.1. The summed E-state index contributed by atoms with van der Waals surface area (Å²) in [6.45, 7) is 0.626. The van der Waals surface area contributed by atoms with E-state index in [4.69, 9.17) is 0 Å². The first kappa shape index (κ1) is 16.6. The molecule has 1 aliphatic carbocycles. The van der Waals surface area contributed by atoms with Gasteiger partial charge in [0.25, 0.3) is 0 Å².